The smallest absolute Gasteiger partial charge is 0.391 e. The van der Waals surface area contributed by atoms with E-state index >= 15 is 0 Å². The summed E-state index contributed by atoms with van der Waals surface area (Å²) in [5.74, 6) is 0.526. The molecular weight excluding hydrogens is 287 g/mol. The lowest BCUT2D eigenvalue weighted by atomic mass is 10.1. The molecule has 2 rings (SSSR count). The van der Waals surface area contributed by atoms with E-state index in [1.807, 2.05) is 18.3 Å². The van der Waals surface area contributed by atoms with Crippen LogP contribution in [0.3, 0.4) is 0 Å². The molecule has 0 saturated carbocycles. The molecular formula is C15H23N2O3P. The third-order valence-corrected chi connectivity index (χ3v) is 3.97. The van der Waals surface area contributed by atoms with Crippen LogP contribution < -0.4 is 4.52 Å². The monoisotopic (exact) mass is 310 g/mol. The maximum Gasteiger partial charge on any atom is 0.391 e. The number of likely N-dealkylation sites (N-methyl/N-ethyl adjacent to an activating group) is 1. The molecule has 0 amide bonds. The number of hydrogen-bond donors (Lipinski definition) is 3. The van der Waals surface area contributed by atoms with Crippen molar-refractivity contribution in [3.05, 3.63) is 30.0 Å². The maximum atomic E-state index is 9.10. The quantitative estimate of drug-likeness (QED) is 0.656. The van der Waals surface area contributed by atoms with Crippen molar-refractivity contribution in [1.82, 2.24) is 9.88 Å². The Morgan fingerprint density at radius 2 is 2.05 bits per heavy atom. The largest absolute Gasteiger partial charge is 0.426 e. The minimum atomic E-state index is -2.40. The molecule has 0 fully saturated rings. The normalized spacial score (nSPS) is 11.7. The van der Waals surface area contributed by atoms with Gasteiger partial charge in [-0.15, -0.1) is 0 Å². The van der Waals surface area contributed by atoms with Gasteiger partial charge >= 0.3 is 8.60 Å². The zero-order chi connectivity index (χ0) is 15.2. The maximum absolute atomic E-state index is 9.10. The number of benzene rings is 1. The van der Waals surface area contributed by atoms with E-state index in [2.05, 4.69) is 23.7 Å². The lowest BCUT2D eigenvalue weighted by molar-refractivity contribution is 0.292. The van der Waals surface area contributed by atoms with Crippen molar-refractivity contribution < 1.29 is 14.3 Å². The van der Waals surface area contributed by atoms with E-state index in [4.69, 9.17) is 14.3 Å². The number of nitrogens with zero attached hydrogens (tertiary/aromatic N) is 1. The van der Waals surface area contributed by atoms with Gasteiger partial charge in [-0.3, -0.25) is 0 Å². The van der Waals surface area contributed by atoms with Crippen LogP contribution in [0.1, 0.15) is 25.8 Å². The average Bonchev–Trinajstić information content (AvgIpc) is 2.87. The zero-order valence-electron chi connectivity index (χ0n) is 12.5. The highest BCUT2D eigenvalue weighted by atomic mass is 31.2. The highest BCUT2D eigenvalue weighted by molar-refractivity contribution is 7.39. The summed E-state index contributed by atoms with van der Waals surface area (Å²) in [5.41, 5.74) is 2.10. The molecule has 1 aromatic heterocycles. The van der Waals surface area contributed by atoms with E-state index in [-0.39, 0.29) is 0 Å². The number of fused-ring (bicyclic) bond motifs is 1. The van der Waals surface area contributed by atoms with E-state index in [1.54, 1.807) is 6.07 Å². The van der Waals surface area contributed by atoms with Crippen LogP contribution in [-0.2, 0) is 6.42 Å². The Hall–Kier alpha value is -1.13. The van der Waals surface area contributed by atoms with E-state index in [0.29, 0.717) is 5.75 Å². The molecule has 0 saturated heterocycles. The summed E-state index contributed by atoms with van der Waals surface area (Å²) >= 11 is 0. The molecule has 5 nitrogen and oxygen atoms in total. The van der Waals surface area contributed by atoms with Crippen molar-refractivity contribution >= 4 is 19.5 Å². The molecule has 6 heteroatoms. The van der Waals surface area contributed by atoms with Gasteiger partial charge in [0, 0.05) is 23.6 Å². The second-order valence-corrected chi connectivity index (χ2v) is 5.71. The van der Waals surface area contributed by atoms with Gasteiger partial charge < -0.3 is 24.2 Å². The number of aromatic nitrogens is 1. The Kier molecular flexibility index (Phi) is 6.00. The molecule has 3 N–H and O–H groups in total. The second-order valence-electron chi connectivity index (χ2n) is 5.02. The molecule has 0 aliphatic carbocycles. The first kappa shape index (κ1) is 16.2. The fourth-order valence-electron chi connectivity index (χ4n) is 2.60. The van der Waals surface area contributed by atoms with Gasteiger partial charge in [-0.1, -0.05) is 19.9 Å². The van der Waals surface area contributed by atoms with Crippen LogP contribution in [0.25, 0.3) is 10.9 Å². The lowest BCUT2D eigenvalue weighted by Gasteiger charge is -2.19. The topological polar surface area (TPSA) is 68.7 Å². The van der Waals surface area contributed by atoms with E-state index < -0.39 is 8.60 Å². The van der Waals surface area contributed by atoms with Gasteiger partial charge in [0.05, 0.1) is 0 Å². The first-order valence-corrected chi connectivity index (χ1v) is 8.49. The van der Waals surface area contributed by atoms with Gasteiger partial charge in [0.1, 0.15) is 5.75 Å². The molecule has 0 radical (unpaired) electrons. The Bertz CT molecular complexity index is 571. The van der Waals surface area contributed by atoms with E-state index in [9.17, 15) is 0 Å². The molecule has 0 bridgehead atoms. The van der Waals surface area contributed by atoms with Crippen molar-refractivity contribution in [1.29, 1.82) is 0 Å². The summed E-state index contributed by atoms with van der Waals surface area (Å²) in [6.45, 7) is 7.48. The molecule has 0 unspecified atom stereocenters. The standard InChI is InChI=1S/C15H23N2O3P/c1-3-9-17(4-2)10-8-12-11-16-13-6-5-7-14(15(12)13)20-21(18)19/h5-7,11,16,18-19H,3-4,8-10H2,1-2H3. The Labute approximate surface area is 126 Å². The molecule has 1 aromatic carbocycles. The highest BCUT2D eigenvalue weighted by Gasteiger charge is 2.13. The van der Waals surface area contributed by atoms with Crippen LogP contribution >= 0.6 is 8.60 Å². The van der Waals surface area contributed by atoms with Gasteiger partial charge in [0.2, 0.25) is 0 Å². The summed E-state index contributed by atoms with van der Waals surface area (Å²) in [5, 5.41) is 0.945. The molecule has 21 heavy (non-hydrogen) atoms. The zero-order valence-corrected chi connectivity index (χ0v) is 13.4. The first-order chi connectivity index (χ1) is 10.2. The van der Waals surface area contributed by atoms with Crippen LogP contribution in [0.2, 0.25) is 0 Å². The molecule has 2 aromatic rings. The average molecular weight is 310 g/mol. The van der Waals surface area contributed by atoms with Crippen LogP contribution in [0.15, 0.2) is 24.4 Å². The number of nitrogens with one attached hydrogen (secondary N) is 1. The van der Waals surface area contributed by atoms with Crippen molar-refractivity contribution in [3.8, 4) is 5.75 Å². The molecule has 0 spiro atoms. The van der Waals surface area contributed by atoms with Crippen LogP contribution in [0, 0.1) is 0 Å². The predicted octanol–water partition coefficient (Wildman–Crippen LogP) is 3.03. The number of H-pyrrole nitrogens is 1. The highest BCUT2D eigenvalue weighted by Crippen LogP contribution is 2.36. The fraction of sp³-hybridized carbons (Fsp3) is 0.467. The summed E-state index contributed by atoms with van der Waals surface area (Å²) in [4.78, 5) is 23.8. The molecule has 0 atom stereocenters. The summed E-state index contributed by atoms with van der Waals surface area (Å²) in [7, 11) is -2.40. The third-order valence-electron chi connectivity index (χ3n) is 3.61. The van der Waals surface area contributed by atoms with Gasteiger partial charge in [-0.2, -0.15) is 0 Å². The number of rotatable bonds is 8. The Morgan fingerprint density at radius 1 is 1.24 bits per heavy atom. The van der Waals surface area contributed by atoms with Crippen molar-refractivity contribution in [2.45, 2.75) is 26.7 Å². The molecule has 0 aliphatic heterocycles. The first-order valence-electron chi connectivity index (χ1n) is 7.32. The minimum absolute atomic E-state index is 0.526. The van der Waals surface area contributed by atoms with Crippen molar-refractivity contribution in [2.75, 3.05) is 19.6 Å². The third kappa shape index (κ3) is 4.17. The number of aromatic amines is 1. The predicted molar refractivity (Wildman–Crippen MR) is 86.4 cm³/mol. The van der Waals surface area contributed by atoms with Gasteiger partial charge in [-0.25, -0.2) is 0 Å². The lowest BCUT2D eigenvalue weighted by Crippen LogP contribution is -2.26. The van der Waals surface area contributed by atoms with E-state index in [0.717, 1.165) is 48.9 Å². The summed E-state index contributed by atoms with van der Waals surface area (Å²) in [6.07, 6.45) is 4.03. The summed E-state index contributed by atoms with van der Waals surface area (Å²) < 4.78 is 5.15. The van der Waals surface area contributed by atoms with Crippen LogP contribution in [-0.4, -0.2) is 39.3 Å². The van der Waals surface area contributed by atoms with Crippen LogP contribution in [0.5, 0.6) is 5.75 Å². The number of hydrogen-bond acceptors (Lipinski definition) is 4. The summed E-state index contributed by atoms with van der Waals surface area (Å²) in [6, 6.07) is 5.57. The van der Waals surface area contributed by atoms with E-state index in [1.165, 1.54) is 0 Å². The van der Waals surface area contributed by atoms with Gasteiger partial charge in [0.15, 0.2) is 0 Å². The van der Waals surface area contributed by atoms with Gasteiger partial charge in [-0.05, 0) is 43.6 Å². The van der Waals surface area contributed by atoms with Crippen molar-refractivity contribution in [2.24, 2.45) is 0 Å². The molecule has 1 heterocycles. The van der Waals surface area contributed by atoms with Crippen LogP contribution in [0.4, 0.5) is 0 Å². The van der Waals surface area contributed by atoms with Crippen molar-refractivity contribution in [3.63, 3.8) is 0 Å². The molecule has 0 aliphatic rings. The minimum Gasteiger partial charge on any atom is -0.426 e. The Morgan fingerprint density at radius 3 is 2.71 bits per heavy atom. The fourth-order valence-corrected chi connectivity index (χ4v) is 2.93. The second kappa shape index (κ2) is 7.76. The Balaban J connectivity index is 2.19. The van der Waals surface area contributed by atoms with Gasteiger partial charge in [0.25, 0.3) is 0 Å². The SMILES string of the molecule is CCCN(CC)CCc1c[nH]c2cccc(OP(O)O)c12. The molecule has 116 valence electrons.